The topological polar surface area (TPSA) is 98.6 Å². The van der Waals surface area contributed by atoms with Crippen molar-refractivity contribution in [3.8, 4) is 34.3 Å². The van der Waals surface area contributed by atoms with Crippen LogP contribution in [0, 0.1) is 6.07 Å². The summed E-state index contributed by atoms with van der Waals surface area (Å²) in [6.45, 7) is 2.85. The van der Waals surface area contributed by atoms with Gasteiger partial charge in [-0.05, 0) is 38.1 Å². The normalized spacial score (nSPS) is 16.3. The van der Waals surface area contributed by atoms with E-state index in [0.29, 0.717) is 50.2 Å². The maximum absolute atomic E-state index is 14.6. The first kappa shape index (κ1) is 25.5. The van der Waals surface area contributed by atoms with Gasteiger partial charge in [0, 0.05) is 55.8 Å². The number of benzene rings is 3. The maximum Gasteiger partial charge on any atom is 0.155 e. The van der Waals surface area contributed by atoms with Crippen molar-refractivity contribution in [1.29, 1.82) is 0 Å². The number of rotatable bonds is 2. The van der Waals surface area contributed by atoms with Crippen LogP contribution >= 0.6 is 7.14 Å². The van der Waals surface area contributed by atoms with Gasteiger partial charge in [-0.25, -0.2) is 0 Å². The summed E-state index contributed by atoms with van der Waals surface area (Å²) >= 11 is 0. The van der Waals surface area contributed by atoms with Gasteiger partial charge in [0.25, 0.3) is 0 Å². The second-order valence-corrected chi connectivity index (χ2v) is 10.6. The van der Waals surface area contributed by atoms with Crippen LogP contribution in [0.4, 0.5) is 0 Å². The molecule has 1 unspecified atom stereocenters. The van der Waals surface area contributed by atoms with Crippen LogP contribution < -0.4 is 25.4 Å². The summed E-state index contributed by atoms with van der Waals surface area (Å²) in [6.07, 6.45) is 6.04. The monoisotopic (exact) mass is 676 g/mol. The summed E-state index contributed by atoms with van der Waals surface area (Å²) in [7, 11) is -3.14. The fourth-order valence-corrected chi connectivity index (χ4v) is 7.06. The molecule has 4 aromatic rings. The molecule has 0 spiro atoms. The molecule has 9 heteroatoms. The molecule has 6 rings (SSSR count). The van der Waals surface area contributed by atoms with Crippen molar-refractivity contribution >= 4 is 28.8 Å². The van der Waals surface area contributed by atoms with Crippen molar-refractivity contribution in [3.63, 3.8) is 0 Å². The Balaban J connectivity index is 0.000000338. The average Bonchev–Trinajstić information content (AvgIpc) is 2.84. The Bertz CT molecular complexity index is 1460. The largest absolute Gasteiger partial charge is 0.512 e. The molecular weight excluding hydrogens is 655 g/mol. The van der Waals surface area contributed by atoms with Gasteiger partial charge in [-0.3, -0.25) is 9.78 Å². The van der Waals surface area contributed by atoms with Crippen LogP contribution in [0.15, 0.2) is 85.0 Å². The fraction of sp³-hybridized carbons (Fsp3) is 0.0741. The SMILES string of the molecule is CC(=O)/C=C(/C)O.O=P12c3ccccc3Oc3[c-]c(-c4cnccn4)cc(c31)Oc1ccccc12.[Ir]. The number of aromatic nitrogens is 2. The number of ether oxygens (including phenoxy) is 2. The van der Waals surface area contributed by atoms with Gasteiger partial charge in [-0.15, -0.1) is 5.56 Å². The van der Waals surface area contributed by atoms with E-state index in [4.69, 9.17) is 14.6 Å². The van der Waals surface area contributed by atoms with E-state index >= 15 is 0 Å². The zero-order valence-electron chi connectivity index (χ0n) is 19.3. The maximum atomic E-state index is 14.6. The average molecular weight is 676 g/mol. The standard InChI is InChI=1S/C22H12N2O3P.C5H8O2.Ir/c25-28-20-7-3-1-5-16(20)26-18-11-14(15-13-23-9-10-24-15)12-19(22(18)28)27-17-6-2-4-8-21(17)28;1-4(6)3-5(2)7;/h1-11,13H;3,6H,1-2H3;/q-1;;/b;4-3-;. The Labute approximate surface area is 221 Å². The molecule has 183 valence electrons. The molecule has 0 amide bonds. The number of aliphatic hydroxyl groups is 1. The van der Waals surface area contributed by atoms with E-state index in [9.17, 15) is 9.36 Å². The van der Waals surface area contributed by atoms with Crippen molar-refractivity contribution in [3.05, 3.63) is 91.1 Å². The first-order chi connectivity index (χ1) is 16.9. The van der Waals surface area contributed by atoms with E-state index in [2.05, 4.69) is 16.0 Å². The smallest absolute Gasteiger partial charge is 0.155 e. The molecule has 1 aromatic heterocycles. The van der Waals surface area contributed by atoms with E-state index in [1.807, 2.05) is 54.6 Å². The Morgan fingerprint density at radius 3 is 2.17 bits per heavy atom. The minimum atomic E-state index is -3.14. The number of allylic oxidation sites excluding steroid dienone is 2. The van der Waals surface area contributed by atoms with Gasteiger partial charge in [0.1, 0.15) is 18.6 Å². The van der Waals surface area contributed by atoms with Gasteiger partial charge in [-0.2, -0.15) is 0 Å². The second kappa shape index (κ2) is 10.2. The van der Waals surface area contributed by atoms with Crippen LogP contribution in [0.25, 0.3) is 11.3 Å². The third kappa shape index (κ3) is 4.51. The zero-order chi connectivity index (χ0) is 24.6. The molecule has 0 saturated carbocycles. The molecule has 0 fully saturated rings. The van der Waals surface area contributed by atoms with Crippen molar-refractivity contribution in [2.45, 2.75) is 13.8 Å². The molecule has 36 heavy (non-hydrogen) atoms. The Morgan fingerprint density at radius 2 is 1.61 bits per heavy atom. The van der Waals surface area contributed by atoms with Crippen molar-refractivity contribution in [2.24, 2.45) is 0 Å². The Morgan fingerprint density at radius 1 is 0.972 bits per heavy atom. The van der Waals surface area contributed by atoms with Crippen LogP contribution in [0.1, 0.15) is 13.8 Å². The molecule has 0 aliphatic carbocycles. The summed E-state index contributed by atoms with van der Waals surface area (Å²) in [5, 5.41) is 10.3. The Kier molecular flexibility index (Phi) is 7.23. The number of para-hydroxylation sites is 2. The van der Waals surface area contributed by atoms with E-state index in [1.54, 1.807) is 18.6 Å². The minimum Gasteiger partial charge on any atom is -0.512 e. The minimum absolute atomic E-state index is 0. The molecule has 1 radical (unpaired) electrons. The molecule has 1 atom stereocenters. The number of carbonyl (C=O) groups is 1. The third-order valence-corrected chi connectivity index (χ3v) is 8.53. The molecule has 0 bridgehead atoms. The summed E-state index contributed by atoms with van der Waals surface area (Å²) < 4.78 is 26.8. The van der Waals surface area contributed by atoms with Crippen LogP contribution in [0.2, 0.25) is 0 Å². The number of carbonyl (C=O) groups excluding carboxylic acids is 1. The molecule has 2 aliphatic rings. The molecular formula is C27H20IrN2O5P-. The summed E-state index contributed by atoms with van der Waals surface area (Å²) in [6, 6.07) is 19.9. The number of hydrogen-bond donors (Lipinski definition) is 1. The van der Waals surface area contributed by atoms with Gasteiger partial charge >= 0.3 is 0 Å². The first-order valence-electron chi connectivity index (χ1n) is 10.8. The number of hydrogen-bond acceptors (Lipinski definition) is 7. The molecule has 3 heterocycles. The Hall–Kier alpha value is -3.57. The molecule has 2 aliphatic heterocycles. The number of ketones is 1. The fourth-order valence-electron chi connectivity index (χ4n) is 4.06. The molecule has 7 nitrogen and oxygen atoms in total. The first-order valence-corrected chi connectivity index (χ1v) is 12.5. The zero-order valence-corrected chi connectivity index (χ0v) is 22.6. The van der Waals surface area contributed by atoms with Gasteiger partial charge in [0.2, 0.25) is 0 Å². The summed E-state index contributed by atoms with van der Waals surface area (Å²) in [4.78, 5) is 18.5. The summed E-state index contributed by atoms with van der Waals surface area (Å²) in [5.74, 6) is 2.03. The van der Waals surface area contributed by atoms with Crippen LogP contribution in [0.3, 0.4) is 0 Å². The van der Waals surface area contributed by atoms with Crippen molar-refractivity contribution < 1.29 is 44.0 Å². The van der Waals surface area contributed by atoms with E-state index < -0.39 is 7.14 Å². The predicted octanol–water partition coefficient (Wildman–Crippen LogP) is 4.83. The molecule has 3 aromatic carbocycles. The second-order valence-electron chi connectivity index (χ2n) is 7.96. The van der Waals surface area contributed by atoms with Crippen molar-refractivity contribution in [1.82, 2.24) is 9.97 Å². The van der Waals surface area contributed by atoms with Crippen LogP contribution in [-0.2, 0) is 29.5 Å². The number of nitrogens with zero attached hydrogens (tertiary/aromatic N) is 2. The number of aliphatic hydroxyl groups excluding tert-OH is 1. The van der Waals surface area contributed by atoms with E-state index in [1.165, 1.54) is 19.9 Å². The van der Waals surface area contributed by atoms with Gasteiger partial charge in [-0.1, -0.05) is 36.4 Å². The molecule has 0 saturated heterocycles. The van der Waals surface area contributed by atoms with Gasteiger partial charge in [0.05, 0.1) is 27.9 Å². The van der Waals surface area contributed by atoms with E-state index in [0.717, 1.165) is 0 Å². The predicted molar refractivity (Wildman–Crippen MR) is 133 cm³/mol. The quantitative estimate of drug-likeness (QED) is 0.122. The van der Waals surface area contributed by atoms with Crippen LogP contribution in [0.5, 0.6) is 23.0 Å². The van der Waals surface area contributed by atoms with Crippen LogP contribution in [-0.4, -0.2) is 20.9 Å². The third-order valence-electron chi connectivity index (χ3n) is 5.38. The number of fused-ring (bicyclic) bond motifs is 4. The van der Waals surface area contributed by atoms with Gasteiger partial charge in [0.15, 0.2) is 5.78 Å². The summed E-state index contributed by atoms with van der Waals surface area (Å²) in [5.41, 5.74) is 1.31. The van der Waals surface area contributed by atoms with Gasteiger partial charge < -0.3 is 24.1 Å². The molecule has 1 N–H and O–H groups in total. The van der Waals surface area contributed by atoms with E-state index in [-0.39, 0.29) is 31.6 Å². The van der Waals surface area contributed by atoms with Crippen molar-refractivity contribution in [2.75, 3.05) is 0 Å².